The molecule has 0 spiro atoms. The van der Waals surface area contributed by atoms with Crippen LogP contribution in [-0.4, -0.2) is 41.0 Å². The molecule has 0 aromatic carbocycles. The van der Waals surface area contributed by atoms with Gasteiger partial charge in [-0.2, -0.15) is 0 Å². The van der Waals surface area contributed by atoms with Crippen LogP contribution in [0.15, 0.2) is 60.3 Å². The minimum Gasteiger partial charge on any atom is -0.367 e. The van der Waals surface area contributed by atoms with E-state index in [0.29, 0.717) is 34.4 Å². The molecule has 152 valence electrons. The number of imidazole rings is 1. The minimum absolute atomic E-state index is 0.181. The highest BCUT2D eigenvalue weighted by molar-refractivity contribution is 6.30. The molecule has 9 nitrogen and oxygen atoms in total. The Balaban J connectivity index is 1.23. The Morgan fingerprint density at radius 2 is 1.73 bits per heavy atom. The van der Waals surface area contributed by atoms with E-state index in [2.05, 4.69) is 30.6 Å². The quantitative estimate of drug-likeness (QED) is 0.509. The van der Waals surface area contributed by atoms with E-state index >= 15 is 0 Å². The maximum Gasteiger partial charge on any atom is 0.298 e. The molecule has 2 atom stereocenters. The largest absolute Gasteiger partial charge is 0.367 e. The predicted octanol–water partition coefficient (Wildman–Crippen LogP) is 2.77. The van der Waals surface area contributed by atoms with Gasteiger partial charge in [0.1, 0.15) is 5.82 Å². The second kappa shape index (κ2) is 7.75. The maximum absolute atomic E-state index is 12.6. The van der Waals surface area contributed by atoms with Crippen LogP contribution in [0.4, 0.5) is 11.8 Å². The van der Waals surface area contributed by atoms with Crippen molar-refractivity contribution in [2.45, 2.75) is 31.3 Å². The molecule has 0 amide bonds. The lowest BCUT2D eigenvalue weighted by atomic mass is 10.2. The number of hydrogen-bond donors (Lipinski definition) is 2. The zero-order valence-electron chi connectivity index (χ0n) is 15.9. The summed E-state index contributed by atoms with van der Waals surface area (Å²) in [5.74, 6) is 1.37. The van der Waals surface area contributed by atoms with Crippen LogP contribution in [0.2, 0.25) is 5.02 Å². The van der Waals surface area contributed by atoms with Crippen LogP contribution < -0.4 is 16.2 Å². The summed E-state index contributed by atoms with van der Waals surface area (Å²) >= 11 is 5.83. The van der Waals surface area contributed by atoms with E-state index in [9.17, 15) is 4.79 Å². The fourth-order valence-corrected chi connectivity index (χ4v) is 3.85. The monoisotopic (exact) mass is 422 g/mol. The average Bonchev–Trinajstić information content (AvgIpc) is 3.41. The summed E-state index contributed by atoms with van der Waals surface area (Å²) in [6.07, 6.45) is 14.7. The molecule has 0 bridgehead atoms. The fourth-order valence-electron chi connectivity index (χ4n) is 3.75. The van der Waals surface area contributed by atoms with E-state index in [1.54, 1.807) is 52.3 Å². The first-order valence-electron chi connectivity index (χ1n) is 9.67. The molecular formula is C20H19ClN8O. The molecular weight excluding hydrogens is 404 g/mol. The third kappa shape index (κ3) is 3.71. The van der Waals surface area contributed by atoms with Gasteiger partial charge in [-0.1, -0.05) is 11.6 Å². The highest BCUT2D eigenvalue weighted by Crippen LogP contribution is 2.25. The molecule has 2 N–H and O–H groups in total. The Labute approximate surface area is 176 Å². The molecule has 1 fully saturated rings. The third-order valence-electron chi connectivity index (χ3n) is 5.22. The van der Waals surface area contributed by atoms with Crippen LogP contribution in [0.5, 0.6) is 0 Å². The van der Waals surface area contributed by atoms with Gasteiger partial charge < -0.3 is 15.0 Å². The van der Waals surface area contributed by atoms with E-state index in [1.807, 2.05) is 12.1 Å². The summed E-state index contributed by atoms with van der Waals surface area (Å²) in [6.45, 7) is 0. The molecule has 0 aliphatic heterocycles. The summed E-state index contributed by atoms with van der Waals surface area (Å²) in [5.41, 5.74) is 0.898. The Bertz CT molecular complexity index is 1220. The minimum atomic E-state index is -0.181. The summed E-state index contributed by atoms with van der Waals surface area (Å²) < 4.78 is 3.24. The zero-order chi connectivity index (χ0) is 20.5. The molecule has 1 aliphatic carbocycles. The van der Waals surface area contributed by atoms with Gasteiger partial charge in [-0.15, -0.1) is 0 Å². The van der Waals surface area contributed by atoms with Gasteiger partial charge in [-0.3, -0.25) is 9.36 Å². The zero-order valence-corrected chi connectivity index (χ0v) is 16.7. The van der Waals surface area contributed by atoms with E-state index in [-0.39, 0.29) is 5.56 Å². The molecule has 1 saturated carbocycles. The first kappa shape index (κ1) is 18.6. The molecule has 30 heavy (non-hydrogen) atoms. The fraction of sp³-hybridized carbons (Fsp3) is 0.250. The Hall–Kier alpha value is -3.46. The predicted molar refractivity (Wildman–Crippen MR) is 114 cm³/mol. The van der Waals surface area contributed by atoms with Gasteiger partial charge in [0, 0.05) is 36.9 Å². The number of nitrogens with one attached hydrogen (secondary N) is 2. The first-order chi connectivity index (χ1) is 14.7. The van der Waals surface area contributed by atoms with Crippen molar-refractivity contribution in [1.82, 2.24) is 28.9 Å². The van der Waals surface area contributed by atoms with Gasteiger partial charge in [0.05, 0.1) is 29.3 Å². The van der Waals surface area contributed by atoms with Crippen LogP contribution in [0.3, 0.4) is 0 Å². The number of halogens is 1. The molecule has 4 heterocycles. The molecule has 5 rings (SSSR count). The van der Waals surface area contributed by atoms with Gasteiger partial charge >= 0.3 is 0 Å². The number of pyridine rings is 1. The number of rotatable bonds is 5. The van der Waals surface area contributed by atoms with Crippen LogP contribution in [0.25, 0.3) is 11.3 Å². The lowest BCUT2D eigenvalue weighted by Crippen LogP contribution is -2.22. The van der Waals surface area contributed by atoms with E-state index < -0.39 is 0 Å². The van der Waals surface area contributed by atoms with Crippen LogP contribution in [0.1, 0.15) is 19.3 Å². The van der Waals surface area contributed by atoms with Gasteiger partial charge in [0.25, 0.3) is 5.56 Å². The second-order valence-electron chi connectivity index (χ2n) is 7.25. The van der Waals surface area contributed by atoms with Crippen molar-refractivity contribution in [1.29, 1.82) is 0 Å². The molecule has 1 aliphatic rings. The van der Waals surface area contributed by atoms with Crippen molar-refractivity contribution in [2.75, 3.05) is 10.6 Å². The summed E-state index contributed by atoms with van der Waals surface area (Å²) in [6, 6.07) is 4.36. The van der Waals surface area contributed by atoms with Gasteiger partial charge in [-0.05, 0) is 31.4 Å². The molecule has 10 heteroatoms. The first-order valence-corrected chi connectivity index (χ1v) is 10.0. The standard InChI is InChI=1S/C20H19ClN8O/c21-13-10-24-20(25-11-13)27-15-2-1-14(9-15)26-17-4-3-16(12-23-17)29-8-7-28-6-5-22-18(28)19(29)30/h3-8,10-12,14-15H,1-2,9H2,(H,23,26)(H,24,25,27)/t14-,15-/m0/s1. The average molecular weight is 423 g/mol. The topological polar surface area (TPSA) is 102 Å². The van der Waals surface area contributed by atoms with Gasteiger partial charge in [0.15, 0.2) is 0 Å². The maximum atomic E-state index is 12.6. The Morgan fingerprint density at radius 1 is 0.933 bits per heavy atom. The number of anilines is 2. The van der Waals surface area contributed by atoms with Crippen LogP contribution >= 0.6 is 11.6 Å². The summed E-state index contributed by atoms with van der Waals surface area (Å²) in [4.78, 5) is 29.5. The van der Waals surface area contributed by atoms with Gasteiger partial charge in [-0.25, -0.2) is 19.9 Å². The number of hydrogen-bond acceptors (Lipinski definition) is 7. The Kier molecular flexibility index (Phi) is 4.80. The van der Waals surface area contributed by atoms with E-state index in [1.165, 1.54) is 0 Å². The summed E-state index contributed by atoms with van der Waals surface area (Å²) in [7, 11) is 0. The number of fused-ring (bicyclic) bond motifs is 1. The van der Waals surface area contributed by atoms with E-state index in [4.69, 9.17) is 11.6 Å². The third-order valence-corrected chi connectivity index (χ3v) is 5.41. The summed E-state index contributed by atoms with van der Waals surface area (Å²) in [5, 5.41) is 7.33. The lowest BCUT2D eigenvalue weighted by Gasteiger charge is -2.15. The smallest absolute Gasteiger partial charge is 0.298 e. The molecule has 4 aromatic heterocycles. The molecule has 0 saturated heterocycles. The van der Waals surface area contributed by atoms with Crippen molar-refractivity contribution >= 4 is 29.0 Å². The number of nitrogens with zero attached hydrogens (tertiary/aromatic N) is 6. The second-order valence-corrected chi connectivity index (χ2v) is 7.69. The van der Waals surface area contributed by atoms with Crippen LogP contribution in [-0.2, 0) is 0 Å². The lowest BCUT2D eigenvalue weighted by molar-refractivity contribution is 0.716. The van der Waals surface area contributed by atoms with Crippen molar-refractivity contribution < 1.29 is 0 Å². The van der Waals surface area contributed by atoms with Crippen LogP contribution in [0, 0.1) is 0 Å². The van der Waals surface area contributed by atoms with Crippen molar-refractivity contribution in [3.8, 4) is 5.69 Å². The normalized spacial score (nSPS) is 18.6. The van der Waals surface area contributed by atoms with Crippen molar-refractivity contribution in [3.63, 3.8) is 0 Å². The molecule has 4 aromatic rings. The van der Waals surface area contributed by atoms with Crippen molar-refractivity contribution in [3.05, 3.63) is 70.9 Å². The highest BCUT2D eigenvalue weighted by Gasteiger charge is 2.25. The number of aromatic nitrogens is 6. The SMILES string of the molecule is O=c1c2nccn2ccn1-c1ccc(N[C@H]2CC[C@H](Nc3ncc(Cl)cn3)C2)nc1. The molecule has 0 radical (unpaired) electrons. The van der Waals surface area contributed by atoms with E-state index in [0.717, 1.165) is 25.1 Å². The Morgan fingerprint density at radius 3 is 2.50 bits per heavy atom. The van der Waals surface area contributed by atoms with Crippen molar-refractivity contribution in [2.24, 2.45) is 0 Å². The highest BCUT2D eigenvalue weighted by atomic mass is 35.5. The molecule has 0 unspecified atom stereocenters. The van der Waals surface area contributed by atoms with Gasteiger partial charge in [0.2, 0.25) is 11.6 Å².